The number of hydrogen-bond donors (Lipinski definition) is 2. The van der Waals surface area contributed by atoms with Crippen molar-refractivity contribution in [2.75, 3.05) is 0 Å². The summed E-state index contributed by atoms with van der Waals surface area (Å²) in [6.45, 7) is 5.57. The summed E-state index contributed by atoms with van der Waals surface area (Å²) in [7, 11) is 0. The molecule has 4 nitrogen and oxygen atoms in total. The van der Waals surface area contributed by atoms with E-state index in [2.05, 4.69) is 9.97 Å². The van der Waals surface area contributed by atoms with E-state index in [1.165, 1.54) is 0 Å². The fourth-order valence-electron chi connectivity index (χ4n) is 1.40. The highest BCUT2D eigenvalue weighted by Crippen LogP contribution is 2.19. The van der Waals surface area contributed by atoms with Gasteiger partial charge in [0.05, 0.1) is 6.10 Å². The van der Waals surface area contributed by atoms with Crippen LogP contribution >= 0.6 is 0 Å². The van der Waals surface area contributed by atoms with Crippen molar-refractivity contribution in [2.45, 2.75) is 39.3 Å². The van der Waals surface area contributed by atoms with E-state index >= 15 is 0 Å². The van der Waals surface area contributed by atoms with E-state index in [0.717, 1.165) is 17.1 Å². The van der Waals surface area contributed by atoms with Crippen molar-refractivity contribution in [1.29, 1.82) is 0 Å². The Labute approximate surface area is 84.2 Å². The molecule has 1 aromatic heterocycles. The van der Waals surface area contributed by atoms with Crippen molar-refractivity contribution in [3.8, 4) is 0 Å². The molecule has 1 heterocycles. The highest BCUT2D eigenvalue weighted by atomic mass is 16.3. The highest BCUT2D eigenvalue weighted by molar-refractivity contribution is 5.18. The van der Waals surface area contributed by atoms with Gasteiger partial charge in [0.25, 0.3) is 0 Å². The Morgan fingerprint density at radius 1 is 1.50 bits per heavy atom. The minimum absolute atomic E-state index is 0.0225. The van der Waals surface area contributed by atoms with Gasteiger partial charge in [-0.2, -0.15) is 0 Å². The number of hydrogen-bond acceptors (Lipinski definition) is 4. The van der Waals surface area contributed by atoms with Gasteiger partial charge in [-0.3, -0.25) is 0 Å². The third kappa shape index (κ3) is 2.75. The first-order chi connectivity index (χ1) is 6.50. The highest BCUT2D eigenvalue weighted by Gasteiger charge is 2.13. The zero-order valence-electron chi connectivity index (χ0n) is 8.86. The Morgan fingerprint density at radius 3 is 2.64 bits per heavy atom. The second-order valence-corrected chi connectivity index (χ2v) is 3.69. The van der Waals surface area contributed by atoms with Gasteiger partial charge in [-0.05, 0) is 27.2 Å². The Morgan fingerprint density at radius 2 is 2.14 bits per heavy atom. The average molecular weight is 195 g/mol. The van der Waals surface area contributed by atoms with Gasteiger partial charge in [0.15, 0.2) is 0 Å². The van der Waals surface area contributed by atoms with Gasteiger partial charge in [0.2, 0.25) is 0 Å². The molecule has 4 heteroatoms. The first-order valence-corrected chi connectivity index (χ1v) is 4.74. The number of aromatic nitrogens is 2. The Kier molecular flexibility index (Phi) is 3.55. The largest absolute Gasteiger partial charge is 0.388 e. The minimum Gasteiger partial charge on any atom is -0.388 e. The van der Waals surface area contributed by atoms with Crippen LogP contribution in [0, 0.1) is 13.8 Å². The molecule has 2 unspecified atom stereocenters. The Bertz CT molecular complexity index is 312. The maximum Gasteiger partial charge on any atom is 0.125 e. The third-order valence-electron chi connectivity index (χ3n) is 2.09. The van der Waals surface area contributed by atoms with Gasteiger partial charge in [-0.1, -0.05) is 0 Å². The molecule has 78 valence electrons. The number of aliphatic hydroxyl groups is 1. The number of aliphatic hydroxyl groups excluding tert-OH is 1. The van der Waals surface area contributed by atoms with E-state index in [-0.39, 0.29) is 6.04 Å². The molecule has 0 bridgehead atoms. The van der Waals surface area contributed by atoms with Gasteiger partial charge in [-0.15, -0.1) is 0 Å². The Hall–Kier alpha value is -1.00. The molecule has 0 aliphatic rings. The van der Waals surface area contributed by atoms with Crippen LogP contribution in [0.15, 0.2) is 6.20 Å². The van der Waals surface area contributed by atoms with Gasteiger partial charge >= 0.3 is 0 Å². The van der Waals surface area contributed by atoms with Crippen molar-refractivity contribution in [1.82, 2.24) is 9.97 Å². The number of nitrogens with two attached hydrogens (primary N) is 1. The summed E-state index contributed by atoms with van der Waals surface area (Å²) in [5.74, 6) is 0.722. The molecule has 14 heavy (non-hydrogen) atoms. The van der Waals surface area contributed by atoms with Crippen LogP contribution in [0.2, 0.25) is 0 Å². The molecule has 3 N–H and O–H groups in total. The second-order valence-electron chi connectivity index (χ2n) is 3.69. The zero-order chi connectivity index (χ0) is 10.7. The van der Waals surface area contributed by atoms with Gasteiger partial charge in [0.1, 0.15) is 5.82 Å². The molecular formula is C10H17N3O. The normalized spacial score (nSPS) is 15.2. The van der Waals surface area contributed by atoms with Crippen molar-refractivity contribution >= 4 is 0 Å². The van der Waals surface area contributed by atoms with E-state index < -0.39 is 6.10 Å². The predicted molar refractivity (Wildman–Crippen MR) is 54.7 cm³/mol. The van der Waals surface area contributed by atoms with E-state index in [4.69, 9.17) is 5.73 Å². The van der Waals surface area contributed by atoms with E-state index in [0.29, 0.717) is 6.42 Å². The molecule has 1 rings (SSSR count). The fraction of sp³-hybridized carbons (Fsp3) is 0.600. The maximum atomic E-state index is 9.80. The molecule has 0 aromatic carbocycles. The van der Waals surface area contributed by atoms with Crippen molar-refractivity contribution in [2.24, 2.45) is 5.73 Å². The summed E-state index contributed by atoms with van der Waals surface area (Å²) in [4.78, 5) is 8.25. The molecule has 1 aromatic rings. The molecular weight excluding hydrogens is 178 g/mol. The van der Waals surface area contributed by atoms with Crippen LogP contribution in [0.4, 0.5) is 0 Å². The Balaban J connectivity index is 2.84. The monoisotopic (exact) mass is 195 g/mol. The predicted octanol–water partition coefficient (Wildman–Crippen LogP) is 0.864. The molecule has 0 saturated carbocycles. The molecule has 0 aliphatic carbocycles. The van der Waals surface area contributed by atoms with E-state index in [1.807, 2.05) is 20.8 Å². The molecule has 2 atom stereocenters. The first-order valence-electron chi connectivity index (χ1n) is 4.74. The summed E-state index contributed by atoms with van der Waals surface area (Å²) in [6, 6.07) is -0.0225. The maximum absolute atomic E-state index is 9.80. The van der Waals surface area contributed by atoms with Crippen LogP contribution in [0.5, 0.6) is 0 Å². The van der Waals surface area contributed by atoms with Crippen molar-refractivity contribution in [3.05, 3.63) is 23.3 Å². The molecule has 0 amide bonds. The average Bonchev–Trinajstić information content (AvgIpc) is 2.01. The van der Waals surface area contributed by atoms with Crippen LogP contribution in [-0.2, 0) is 0 Å². The van der Waals surface area contributed by atoms with E-state index in [9.17, 15) is 5.11 Å². The molecule has 0 fully saturated rings. The molecule has 0 radical (unpaired) electrons. The van der Waals surface area contributed by atoms with Crippen LogP contribution in [0.3, 0.4) is 0 Å². The van der Waals surface area contributed by atoms with Crippen LogP contribution < -0.4 is 5.73 Å². The van der Waals surface area contributed by atoms with Gasteiger partial charge < -0.3 is 10.8 Å². The fourth-order valence-corrected chi connectivity index (χ4v) is 1.40. The smallest absolute Gasteiger partial charge is 0.125 e. The lowest BCUT2D eigenvalue weighted by molar-refractivity contribution is 0.158. The minimum atomic E-state index is -0.560. The molecule has 0 saturated heterocycles. The van der Waals surface area contributed by atoms with Crippen LogP contribution in [0.1, 0.15) is 36.5 Å². The molecule has 0 spiro atoms. The van der Waals surface area contributed by atoms with Crippen molar-refractivity contribution in [3.63, 3.8) is 0 Å². The number of rotatable bonds is 3. The lowest BCUT2D eigenvalue weighted by Crippen LogP contribution is -2.19. The summed E-state index contributed by atoms with van der Waals surface area (Å²) >= 11 is 0. The SMILES string of the molecule is Cc1ncc(C(O)CC(C)N)c(C)n1. The number of nitrogens with zero attached hydrogens (tertiary/aromatic N) is 2. The summed E-state index contributed by atoms with van der Waals surface area (Å²) in [6.07, 6.45) is 1.65. The van der Waals surface area contributed by atoms with Gasteiger partial charge in [0, 0.05) is 23.5 Å². The quantitative estimate of drug-likeness (QED) is 0.750. The van der Waals surface area contributed by atoms with Gasteiger partial charge in [-0.25, -0.2) is 9.97 Å². The van der Waals surface area contributed by atoms with Crippen LogP contribution in [0.25, 0.3) is 0 Å². The summed E-state index contributed by atoms with van der Waals surface area (Å²) in [5, 5.41) is 9.80. The van der Waals surface area contributed by atoms with Crippen LogP contribution in [-0.4, -0.2) is 21.1 Å². The summed E-state index contributed by atoms with van der Waals surface area (Å²) in [5.41, 5.74) is 7.21. The third-order valence-corrected chi connectivity index (χ3v) is 2.09. The second kappa shape index (κ2) is 4.48. The zero-order valence-corrected chi connectivity index (χ0v) is 8.86. The lowest BCUT2D eigenvalue weighted by Gasteiger charge is -2.14. The standard InChI is InChI=1S/C10H17N3O/c1-6(11)4-10(14)9-5-12-8(3)13-7(9)2/h5-6,10,14H,4,11H2,1-3H3. The topological polar surface area (TPSA) is 72.0 Å². The number of aryl methyl sites for hydroxylation is 2. The first kappa shape index (κ1) is 11.1. The lowest BCUT2D eigenvalue weighted by atomic mass is 10.0. The van der Waals surface area contributed by atoms with E-state index in [1.54, 1.807) is 6.20 Å². The van der Waals surface area contributed by atoms with Crippen molar-refractivity contribution < 1.29 is 5.11 Å². The molecule has 0 aliphatic heterocycles. The summed E-state index contributed by atoms with van der Waals surface area (Å²) < 4.78 is 0.